The van der Waals surface area contributed by atoms with Crippen LogP contribution in [-0.4, -0.2) is 20.1 Å². The first kappa shape index (κ1) is 18.7. The van der Waals surface area contributed by atoms with Crippen LogP contribution in [-0.2, 0) is 19.4 Å². The van der Waals surface area contributed by atoms with Gasteiger partial charge in [-0.1, -0.05) is 30.2 Å². The van der Waals surface area contributed by atoms with E-state index in [1.54, 1.807) is 48.5 Å². The second-order valence-electron chi connectivity index (χ2n) is 6.49. The number of hydrogen-bond acceptors (Lipinski definition) is 4. The van der Waals surface area contributed by atoms with Crippen molar-refractivity contribution in [1.82, 2.24) is 0 Å². The minimum absolute atomic E-state index is 0.0727. The number of carbonyl (C=O) groups is 1. The molecule has 138 valence electrons. The molecule has 1 aliphatic heterocycles. The zero-order valence-electron chi connectivity index (χ0n) is 14.2. The molecule has 1 unspecified atom stereocenters. The van der Waals surface area contributed by atoms with Crippen molar-refractivity contribution in [3.05, 3.63) is 59.1 Å². The normalized spacial score (nSPS) is 21.9. The second-order valence-corrected chi connectivity index (χ2v) is 9.35. The SMILES string of the molecule is NC(=O)CC1(c2ccc(Oc3ccc(Cl)cc3)cc2)CCCCS1(=O)=O. The molecule has 0 bridgehead atoms. The van der Waals surface area contributed by atoms with E-state index in [0.29, 0.717) is 34.9 Å². The van der Waals surface area contributed by atoms with Gasteiger partial charge in [-0.05, 0) is 54.8 Å². The molecule has 7 heteroatoms. The molecule has 5 nitrogen and oxygen atoms in total. The van der Waals surface area contributed by atoms with Crippen LogP contribution < -0.4 is 10.5 Å². The Morgan fingerprint density at radius 2 is 1.62 bits per heavy atom. The molecule has 1 amide bonds. The second kappa shape index (κ2) is 7.29. The van der Waals surface area contributed by atoms with Gasteiger partial charge in [0.2, 0.25) is 5.91 Å². The van der Waals surface area contributed by atoms with Crippen molar-refractivity contribution < 1.29 is 17.9 Å². The summed E-state index contributed by atoms with van der Waals surface area (Å²) in [5.41, 5.74) is 5.96. The van der Waals surface area contributed by atoms with Crippen molar-refractivity contribution in [1.29, 1.82) is 0 Å². The molecule has 2 N–H and O–H groups in total. The van der Waals surface area contributed by atoms with Crippen molar-refractivity contribution in [3.63, 3.8) is 0 Å². The van der Waals surface area contributed by atoms with E-state index in [1.165, 1.54) is 0 Å². The minimum Gasteiger partial charge on any atom is -0.457 e. The Morgan fingerprint density at radius 1 is 1.04 bits per heavy atom. The number of amides is 1. The summed E-state index contributed by atoms with van der Waals surface area (Å²) in [6.07, 6.45) is 1.55. The lowest BCUT2D eigenvalue weighted by molar-refractivity contribution is -0.118. The predicted octanol–water partition coefficient (Wildman–Crippen LogP) is 3.80. The van der Waals surface area contributed by atoms with Crippen LogP contribution in [0.2, 0.25) is 5.02 Å². The van der Waals surface area contributed by atoms with Gasteiger partial charge in [0.25, 0.3) is 0 Å². The molecule has 1 saturated heterocycles. The Labute approximate surface area is 158 Å². The first-order valence-electron chi connectivity index (χ1n) is 8.37. The van der Waals surface area contributed by atoms with Crippen LogP contribution in [0, 0.1) is 0 Å². The third kappa shape index (κ3) is 3.71. The van der Waals surface area contributed by atoms with Crippen molar-refractivity contribution in [2.75, 3.05) is 5.75 Å². The maximum atomic E-state index is 12.8. The largest absolute Gasteiger partial charge is 0.457 e. The molecule has 0 radical (unpaired) electrons. The maximum absolute atomic E-state index is 12.8. The van der Waals surface area contributed by atoms with E-state index >= 15 is 0 Å². The molecule has 1 fully saturated rings. The highest BCUT2D eigenvalue weighted by Crippen LogP contribution is 2.43. The van der Waals surface area contributed by atoms with E-state index in [0.717, 1.165) is 6.42 Å². The molecule has 0 saturated carbocycles. The summed E-state index contributed by atoms with van der Waals surface area (Å²) in [5.74, 6) is 0.651. The van der Waals surface area contributed by atoms with Crippen LogP contribution in [0.1, 0.15) is 31.2 Å². The van der Waals surface area contributed by atoms with Crippen LogP contribution >= 0.6 is 11.6 Å². The van der Waals surface area contributed by atoms with Crippen LogP contribution in [0.25, 0.3) is 0 Å². The van der Waals surface area contributed by atoms with Gasteiger partial charge in [-0.3, -0.25) is 4.79 Å². The average molecular weight is 394 g/mol. The number of primary amides is 1. The number of hydrogen-bond donors (Lipinski definition) is 1. The Bertz CT molecular complexity index is 894. The zero-order valence-corrected chi connectivity index (χ0v) is 15.7. The summed E-state index contributed by atoms with van der Waals surface area (Å²) in [7, 11) is -3.47. The molecule has 0 spiro atoms. The lowest BCUT2D eigenvalue weighted by Crippen LogP contribution is -2.43. The molecule has 3 rings (SSSR count). The maximum Gasteiger partial charge on any atom is 0.219 e. The molecule has 0 aromatic heterocycles. The fraction of sp³-hybridized carbons (Fsp3) is 0.316. The highest BCUT2D eigenvalue weighted by molar-refractivity contribution is 7.92. The highest BCUT2D eigenvalue weighted by atomic mass is 35.5. The molecule has 1 atom stereocenters. The van der Waals surface area contributed by atoms with Gasteiger partial charge in [0.15, 0.2) is 9.84 Å². The van der Waals surface area contributed by atoms with Gasteiger partial charge >= 0.3 is 0 Å². The Hall–Kier alpha value is -2.05. The van der Waals surface area contributed by atoms with Crippen LogP contribution in [0.15, 0.2) is 48.5 Å². The van der Waals surface area contributed by atoms with Gasteiger partial charge in [0, 0.05) is 5.02 Å². The summed E-state index contributed by atoms with van der Waals surface area (Å²) in [5, 5.41) is 0.614. The van der Waals surface area contributed by atoms with Gasteiger partial charge in [0.1, 0.15) is 16.2 Å². The quantitative estimate of drug-likeness (QED) is 0.836. The Balaban J connectivity index is 1.91. The molecule has 0 aliphatic carbocycles. The minimum atomic E-state index is -3.47. The highest BCUT2D eigenvalue weighted by Gasteiger charge is 2.47. The fourth-order valence-corrected chi connectivity index (χ4v) is 5.84. The van der Waals surface area contributed by atoms with Crippen molar-refractivity contribution in [2.45, 2.75) is 30.4 Å². The van der Waals surface area contributed by atoms with E-state index in [-0.39, 0.29) is 12.2 Å². The van der Waals surface area contributed by atoms with E-state index in [9.17, 15) is 13.2 Å². The van der Waals surface area contributed by atoms with Gasteiger partial charge in [-0.15, -0.1) is 0 Å². The van der Waals surface area contributed by atoms with E-state index in [4.69, 9.17) is 22.1 Å². The monoisotopic (exact) mass is 393 g/mol. The molecule has 26 heavy (non-hydrogen) atoms. The van der Waals surface area contributed by atoms with Gasteiger partial charge < -0.3 is 10.5 Å². The van der Waals surface area contributed by atoms with Crippen LogP contribution in [0.3, 0.4) is 0 Å². The number of carbonyl (C=O) groups excluding carboxylic acids is 1. The molecule has 1 aliphatic rings. The molecular weight excluding hydrogens is 374 g/mol. The van der Waals surface area contributed by atoms with E-state index in [2.05, 4.69) is 0 Å². The van der Waals surface area contributed by atoms with Crippen LogP contribution in [0.4, 0.5) is 0 Å². The first-order chi connectivity index (χ1) is 12.3. The third-order valence-corrected chi connectivity index (χ3v) is 7.58. The number of nitrogens with two attached hydrogens (primary N) is 1. The van der Waals surface area contributed by atoms with Crippen LogP contribution in [0.5, 0.6) is 11.5 Å². The van der Waals surface area contributed by atoms with Gasteiger partial charge in [-0.2, -0.15) is 0 Å². The fourth-order valence-electron chi connectivity index (χ4n) is 3.42. The van der Waals surface area contributed by atoms with Gasteiger partial charge in [-0.25, -0.2) is 8.42 Å². The lowest BCUT2D eigenvalue weighted by atomic mass is 9.88. The molecule has 1 heterocycles. The summed E-state index contributed by atoms with van der Waals surface area (Å²) in [6, 6.07) is 13.8. The predicted molar refractivity (Wildman–Crippen MR) is 101 cm³/mol. The number of benzene rings is 2. The number of halogens is 1. The Morgan fingerprint density at radius 3 is 2.15 bits per heavy atom. The van der Waals surface area contributed by atoms with E-state index < -0.39 is 20.5 Å². The lowest BCUT2D eigenvalue weighted by Gasteiger charge is -2.36. The summed E-state index contributed by atoms with van der Waals surface area (Å²) in [6.45, 7) is 0. The van der Waals surface area contributed by atoms with Crippen molar-refractivity contribution in [3.8, 4) is 11.5 Å². The third-order valence-electron chi connectivity index (χ3n) is 4.73. The number of ether oxygens (including phenoxy) is 1. The standard InChI is InChI=1S/C19H20ClNO4S/c20-15-5-9-17(10-6-15)25-16-7-3-14(4-8-16)19(13-18(21)22)11-1-2-12-26(19,23)24/h3-10H,1-2,11-13H2,(H2,21,22). The molecular formula is C19H20ClNO4S. The summed E-state index contributed by atoms with van der Waals surface area (Å²) < 4.78 is 30.1. The summed E-state index contributed by atoms with van der Waals surface area (Å²) in [4.78, 5) is 11.6. The molecule has 2 aromatic carbocycles. The zero-order chi connectivity index (χ0) is 18.8. The van der Waals surface area contributed by atoms with Gasteiger partial charge in [0.05, 0.1) is 12.2 Å². The topological polar surface area (TPSA) is 86.5 Å². The van der Waals surface area contributed by atoms with Crippen molar-refractivity contribution >= 4 is 27.3 Å². The number of sulfone groups is 1. The Kier molecular flexibility index (Phi) is 5.25. The smallest absolute Gasteiger partial charge is 0.219 e. The average Bonchev–Trinajstić information content (AvgIpc) is 2.59. The first-order valence-corrected chi connectivity index (χ1v) is 10.4. The van der Waals surface area contributed by atoms with Crippen molar-refractivity contribution in [2.24, 2.45) is 5.73 Å². The molecule has 2 aromatic rings. The summed E-state index contributed by atoms with van der Waals surface area (Å²) >= 11 is 5.85. The number of rotatable bonds is 5. The van der Waals surface area contributed by atoms with E-state index in [1.807, 2.05) is 0 Å².